The molecule has 2 amide bonds. The van der Waals surface area contributed by atoms with Crippen molar-refractivity contribution < 1.29 is 14.3 Å². The minimum Gasteiger partial charge on any atom is -0.487 e. The lowest BCUT2D eigenvalue weighted by Crippen LogP contribution is -2.55. The van der Waals surface area contributed by atoms with E-state index in [1.165, 1.54) is 6.92 Å². The summed E-state index contributed by atoms with van der Waals surface area (Å²) in [5, 5.41) is 5.34. The Morgan fingerprint density at radius 2 is 2.15 bits per heavy atom. The number of nitrogens with one attached hydrogen (secondary N) is 2. The molecule has 0 bridgehead atoms. The maximum Gasteiger partial charge on any atom is 0.245 e. The van der Waals surface area contributed by atoms with Crippen LogP contribution in [-0.4, -0.2) is 35.0 Å². The van der Waals surface area contributed by atoms with Crippen molar-refractivity contribution >= 4 is 11.8 Å². The van der Waals surface area contributed by atoms with Gasteiger partial charge in [0.1, 0.15) is 17.4 Å². The van der Waals surface area contributed by atoms with Crippen LogP contribution < -0.4 is 15.4 Å². The van der Waals surface area contributed by atoms with Crippen molar-refractivity contribution in [1.82, 2.24) is 15.6 Å². The zero-order valence-electron chi connectivity index (χ0n) is 12.3. The molecule has 0 aromatic carbocycles. The van der Waals surface area contributed by atoms with Crippen molar-refractivity contribution in [2.45, 2.75) is 39.3 Å². The van der Waals surface area contributed by atoms with Crippen LogP contribution in [0.3, 0.4) is 0 Å². The Balaban J connectivity index is 2.42. The zero-order valence-corrected chi connectivity index (χ0v) is 12.3. The van der Waals surface area contributed by atoms with Crippen LogP contribution in [0.5, 0.6) is 5.75 Å². The molecule has 0 aliphatic heterocycles. The Morgan fingerprint density at radius 3 is 2.70 bits per heavy atom. The quantitative estimate of drug-likeness (QED) is 0.810. The zero-order chi connectivity index (χ0) is 15.2. The number of hydrogen-bond donors (Lipinski definition) is 2. The lowest BCUT2D eigenvalue weighted by Gasteiger charge is -2.25. The van der Waals surface area contributed by atoms with Gasteiger partial charge >= 0.3 is 0 Å². The van der Waals surface area contributed by atoms with Crippen LogP contribution in [0, 0.1) is 0 Å². The van der Waals surface area contributed by atoms with E-state index in [4.69, 9.17) is 4.74 Å². The maximum absolute atomic E-state index is 12.0. The van der Waals surface area contributed by atoms with Crippen molar-refractivity contribution in [1.29, 1.82) is 0 Å². The van der Waals surface area contributed by atoms with Gasteiger partial charge < -0.3 is 15.4 Å². The Kier molecular flexibility index (Phi) is 5.49. The number of nitrogens with zero attached hydrogens (tertiary/aromatic N) is 1. The summed E-state index contributed by atoms with van der Waals surface area (Å²) < 4.78 is 5.59. The van der Waals surface area contributed by atoms with Gasteiger partial charge in [-0.3, -0.25) is 14.6 Å². The number of carbonyl (C=O) groups is 2. The van der Waals surface area contributed by atoms with E-state index in [0.717, 1.165) is 0 Å². The lowest BCUT2D eigenvalue weighted by atomic mass is 10.0. The Bertz CT molecular complexity index is 460. The number of amides is 2. The molecular weight excluding hydrogens is 258 g/mol. The van der Waals surface area contributed by atoms with E-state index in [9.17, 15) is 9.59 Å². The first-order valence-electron chi connectivity index (χ1n) is 6.45. The molecule has 0 saturated carbocycles. The van der Waals surface area contributed by atoms with Gasteiger partial charge in [-0.2, -0.15) is 0 Å². The number of carbonyl (C=O) groups excluding carboxylic acids is 2. The van der Waals surface area contributed by atoms with Gasteiger partial charge in [0.15, 0.2) is 0 Å². The van der Waals surface area contributed by atoms with Crippen LogP contribution in [0.15, 0.2) is 24.5 Å². The minimum atomic E-state index is -0.945. The van der Waals surface area contributed by atoms with Crippen molar-refractivity contribution in [3.05, 3.63) is 24.5 Å². The van der Waals surface area contributed by atoms with Crippen LogP contribution >= 0.6 is 0 Å². The molecule has 0 unspecified atom stereocenters. The summed E-state index contributed by atoms with van der Waals surface area (Å²) in [7, 11) is 0. The van der Waals surface area contributed by atoms with E-state index in [-0.39, 0.29) is 17.9 Å². The first kappa shape index (κ1) is 15.9. The highest BCUT2D eigenvalue weighted by Gasteiger charge is 2.28. The second kappa shape index (κ2) is 6.88. The highest BCUT2D eigenvalue weighted by atomic mass is 16.5. The molecule has 0 saturated heterocycles. The van der Waals surface area contributed by atoms with E-state index in [2.05, 4.69) is 15.6 Å². The van der Waals surface area contributed by atoms with Gasteiger partial charge in [0.05, 0.1) is 12.7 Å². The predicted octanol–water partition coefficient (Wildman–Crippen LogP) is 0.880. The third kappa shape index (κ3) is 5.26. The van der Waals surface area contributed by atoms with Gasteiger partial charge in [-0.25, -0.2) is 0 Å². The molecule has 0 aliphatic rings. The molecule has 1 atom stereocenters. The van der Waals surface area contributed by atoms with Crippen LogP contribution in [0.2, 0.25) is 0 Å². The highest BCUT2D eigenvalue weighted by molar-refractivity contribution is 5.90. The smallest absolute Gasteiger partial charge is 0.245 e. The Morgan fingerprint density at radius 1 is 1.45 bits per heavy atom. The molecule has 1 aromatic heterocycles. The topological polar surface area (TPSA) is 80.3 Å². The normalized spacial score (nSPS) is 12.4. The largest absolute Gasteiger partial charge is 0.487 e. The molecule has 1 aromatic rings. The summed E-state index contributed by atoms with van der Waals surface area (Å²) in [6, 6.07) is 3.58. The minimum absolute atomic E-state index is 0.198. The van der Waals surface area contributed by atoms with Crippen molar-refractivity contribution in [3.8, 4) is 5.75 Å². The second-order valence-corrected chi connectivity index (χ2v) is 5.13. The molecule has 0 fully saturated rings. The highest BCUT2D eigenvalue weighted by Crippen LogP contribution is 2.09. The third-order valence-corrected chi connectivity index (χ3v) is 2.58. The van der Waals surface area contributed by atoms with E-state index < -0.39 is 5.54 Å². The van der Waals surface area contributed by atoms with Gasteiger partial charge in [-0.1, -0.05) is 0 Å². The first-order valence-corrected chi connectivity index (χ1v) is 6.45. The third-order valence-electron chi connectivity index (χ3n) is 2.58. The Labute approximate surface area is 118 Å². The van der Waals surface area contributed by atoms with E-state index >= 15 is 0 Å². The average Bonchev–Trinajstić information content (AvgIpc) is 2.35. The number of aromatic nitrogens is 1. The maximum atomic E-state index is 12.0. The summed E-state index contributed by atoms with van der Waals surface area (Å²) in [6.07, 6.45) is 3.07. The average molecular weight is 279 g/mol. The summed E-state index contributed by atoms with van der Waals surface area (Å²) >= 11 is 0. The van der Waals surface area contributed by atoms with Gasteiger partial charge in [-0.15, -0.1) is 0 Å². The Hall–Kier alpha value is -2.11. The van der Waals surface area contributed by atoms with Gasteiger partial charge in [0.2, 0.25) is 11.8 Å². The molecule has 0 spiro atoms. The van der Waals surface area contributed by atoms with Crippen LogP contribution in [0.25, 0.3) is 0 Å². The fraction of sp³-hybridized carbons (Fsp3) is 0.500. The number of hydrogen-bond acceptors (Lipinski definition) is 4. The van der Waals surface area contributed by atoms with Crippen LogP contribution in [0.1, 0.15) is 27.7 Å². The number of rotatable bonds is 6. The fourth-order valence-corrected chi connectivity index (χ4v) is 1.65. The molecule has 6 nitrogen and oxygen atoms in total. The molecule has 0 radical (unpaired) electrons. The summed E-state index contributed by atoms with van der Waals surface area (Å²) in [5.74, 6) is 0.148. The lowest BCUT2D eigenvalue weighted by molar-refractivity contribution is -0.131. The van der Waals surface area contributed by atoms with Crippen LogP contribution in [0.4, 0.5) is 0 Å². The van der Waals surface area contributed by atoms with Crippen molar-refractivity contribution in [2.24, 2.45) is 0 Å². The SMILES string of the molecule is CC(=O)NC(C)(C)C(=O)NC[C@@H](C)Oc1cccnc1. The van der Waals surface area contributed by atoms with Gasteiger partial charge in [0, 0.05) is 13.1 Å². The van der Waals surface area contributed by atoms with Crippen LogP contribution in [-0.2, 0) is 9.59 Å². The number of pyridine rings is 1. The molecule has 0 aliphatic carbocycles. The molecule has 20 heavy (non-hydrogen) atoms. The van der Waals surface area contributed by atoms with Crippen molar-refractivity contribution in [2.75, 3.05) is 6.54 Å². The molecule has 110 valence electrons. The molecule has 2 N–H and O–H groups in total. The van der Waals surface area contributed by atoms with E-state index in [1.807, 2.05) is 6.92 Å². The van der Waals surface area contributed by atoms with Crippen molar-refractivity contribution in [3.63, 3.8) is 0 Å². The number of ether oxygens (including phenoxy) is 1. The molecule has 1 heterocycles. The molecular formula is C14H21N3O3. The van der Waals surface area contributed by atoms with E-state index in [1.54, 1.807) is 38.4 Å². The molecule has 6 heteroatoms. The predicted molar refractivity (Wildman–Crippen MR) is 75.2 cm³/mol. The van der Waals surface area contributed by atoms with Gasteiger partial charge in [-0.05, 0) is 32.9 Å². The summed E-state index contributed by atoms with van der Waals surface area (Å²) in [5.41, 5.74) is -0.945. The second-order valence-electron chi connectivity index (χ2n) is 5.13. The standard InChI is InChI=1S/C14H21N3O3/c1-10(20-12-6-5-7-15-9-12)8-16-13(19)14(3,4)17-11(2)18/h5-7,9-10H,8H2,1-4H3,(H,16,19)(H,17,18)/t10-/m1/s1. The first-order chi connectivity index (χ1) is 9.31. The summed E-state index contributed by atoms with van der Waals surface area (Å²) in [6.45, 7) is 6.87. The molecule has 1 rings (SSSR count). The van der Waals surface area contributed by atoms with E-state index in [0.29, 0.717) is 12.3 Å². The fourth-order valence-electron chi connectivity index (χ4n) is 1.65. The van der Waals surface area contributed by atoms with Gasteiger partial charge in [0.25, 0.3) is 0 Å². The monoisotopic (exact) mass is 279 g/mol. The summed E-state index contributed by atoms with van der Waals surface area (Å²) in [4.78, 5) is 26.9.